The highest BCUT2D eigenvalue weighted by Crippen LogP contribution is 2.68. The Bertz CT molecular complexity index is 612. The van der Waals surface area contributed by atoms with Gasteiger partial charge in [-0.05, 0) is 91.3 Å². The molecule has 4 aliphatic carbocycles. The van der Waals surface area contributed by atoms with Crippen LogP contribution in [0, 0.1) is 52.3 Å². The first-order valence-electron chi connectivity index (χ1n) is 13.0. The highest BCUT2D eigenvalue weighted by molar-refractivity contribution is 5.88. The Balaban J connectivity index is 1.53. The standard InChI is InChI=1S/C27H47NO/c1-18(2)9-8-10-19(3)21-12-13-22-20-17-25(28-29)24-11-6-7-15-26(24,4)23(20)14-16-27(21,22)5/h18-24,29H,6-17H2,1-5H3/t19-,20+,21-,22+,23+,24-,26-,27-/m1/s1. The third-order valence-corrected chi connectivity index (χ3v) is 10.7. The van der Waals surface area contributed by atoms with E-state index in [9.17, 15) is 5.21 Å². The van der Waals surface area contributed by atoms with Crippen molar-refractivity contribution in [3.05, 3.63) is 0 Å². The van der Waals surface area contributed by atoms with Gasteiger partial charge in [0.1, 0.15) is 0 Å². The zero-order chi connectivity index (χ0) is 20.8. The van der Waals surface area contributed by atoms with Gasteiger partial charge < -0.3 is 5.21 Å². The van der Waals surface area contributed by atoms with Crippen LogP contribution >= 0.6 is 0 Å². The summed E-state index contributed by atoms with van der Waals surface area (Å²) in [5.41, 5.74) is 2.09. The highest BCUT2D eigenvalue weighted by atomic mass is 16.4. The Morgan fingerprint density at radius 1 is 0.931 bits per heavy atom. The maximum atomic E-state index is 9.91. The first-order valence-corrected chi connectivity index (χ1v) is 13.0. The van der Waals surface area contributed by atoms with E-state index in [1.54, 1.807) is 0 Å². The molecule has 0 aliphatic heterocycles. The first kappa shape index (κ1) is 21.7. The van der Waals surface area contributed by atoms with Crippen LogP contribution in [0.5, 0.6) is 0 Å². The molecule has 166 valence electrons. The molecule has 0 amide bonds. The number of hydrogen-bond acceptors (Lipinski definition) is 2. The molecule has 0 aromatic heterocycles. The minimum Gasteiger partial charge on any atom is -0.411 e. The number of hydrogen-bond donors (Lipinski definition) is 1. The molecule has 0 aromatic carbocycles. The molecule has 0 spiro atoms. The average molecular weight is 402 g/mol. The van der Waals surface area contributed by atoms with E-state index in [1.165, 1.54) is 76.3 Å². The third kappa shape index (κ3) is 3.59. The molecule has 29 heavy (non-hydrogen) atoms. The van der Waals surface area contributed by atoms with Crippen LogP contribution in [0.3, 0.4) is 0 Å². The summed E-state index contributed by atoms with van der Waals surface area (Å²) in [5, 5.41) is 13.8. The van der Waals surface area contributed by atoms with Gasteiger partial charge in [0.05, 0.1) is 5.71 Å². The molecule has 0 bridgehead atoms. The molecule has 2 nitrogen and oxygen atoms in total. The van der Waals surface area contributed by atoms with Crippen molar-refractivity contribution in [1.29, 1.82) is 0 Å². The van der Waals surface area contributed by atoms with Gasteiger partial charge in [0.25, 0.3) is 0 Å². The predicted octanol–water partition coefficient (Wildman–Crippen LogP) is 7.94. The molecule has 1 N–H and O–H groups in total. The topological polar surface area (TPSA) is 32.6 Å². The van der Waals surface area contributed by atoms with E-state index >= 15 is 0 Å². The van der Waals surface area contributed by atoms with Crippen LogP contribution in [0.1, 0.15) is 112 Å². The Morgan fingerprint density at radius 2 is 1.69 bits per heavy atom. The molecule has 4 aliphatic rings. The predicted molar refractivity (Wildman–Crippen MR) is 122 cm³/mol. The van der Waals surface area contributed by atoms with Gasteiger partial charge in [-0.15, -0.1) is 0 Å². The first-order chi connectivity index (χ1) is 13.8. The van der Waals surface area contributed by atoms with E-state index in [0.717, 1.165) is 41.9 Å². The Kier molecular flexibility index (Phi) is 6.13. The largest absolute Gasteiger partial charge is 0.411 e. The van der Waals surface area contributed by atoms with Crippen molar-refractivity contribution < 1.29 is 5.21 Å². The lowest BCUT2D eigenvalue weighted by atomic mass is 9.44. The summed E-state index contributed by atoms with van der Waals surface area (Å²) >= 11 is 0. The normalized spacial score (nSPS) is 47.0. The molecule has 0 unspecified atom stereocenters. The number of oxime groups is 1. The van der Waals surface area contributed by atoms with Crippen LogP contribution in [0.4, 0.5) is 0 Å². The number of fused-ring (bicyclic) bond motifs is 5. The van der Waals surface area contributed by atoms with Gasteiger partial charge in [0.15, 0.2) is 0 Å². The van der Waals surface area contributed by atoms with Gasteiger partial charge in [-0.25, -0.2) is 0 Å². The zero-order valence-corrected chi connectivity index (χ0v) is 19.9. The lowest BCUT2D eigenvalue weighted by Gasteiger charge is -2.60. The van der Waals surface area contributed by atoms with Crippen molar-refractivity contribution in [1.82, 2.24) is 0 Å². The van der Waals surface area contributed by atoms with Gasteiger partial charge in [-0.3, -0.25) is 0 Å². The lowest BCUT2D eigenvalue weighted by molar-refractivity contribution is -0.0806. The monoisotopic (exact) mass is 401 g/mol. The molecule has 2 heteroatoms. The fourth-order valence-corrected chi connectivity index (χ4v) is 9.26. The molecule has 8 atom stereocenters. The fourth-order valence-electron chi connectivity index (χ4n) is 9.26. The third-order valence-electron chi connectivity index (χ3n) is 10.7. The van der Waals surface area contributed by atoms with E-state index in [4.69, 9.17) is 0 Å². The molecule has 4 saturated carbocycles. The molecule has 0 heterocycles. The van der Waals surface area contributed by atoms with Gasteiger partial charge in [0.2, 0.25) is 0 Å². The molecule has 0 saturated heterocycles. The second-order valence-corrected chi connectivity index (χ2v) is 12.5. The van der Waals surface area contributed by atoms with Crippen molar-refractivity contribution in [3.8, 4) is 0 Å². The fraction of sp³-hybridized carbons (Fsp3) is 0.963. The van der Waals surface area contributed by atoms with Crippen LogP contribution in [0.15, 0.2) is 5.16 Å². The smallest absolute Gasteiger partial charge is 0.0610 e. The Labute approximate surface area is 180 Å². The number of rotatable bonds is 5. The minimum atomic E-state index is 0.394. The molecule has 0 radical (unpaired) electrons. The summed E-state index contributed by atoms with van der Waals surface area (Å²) in [4.78, 5) is 0. The van der Waals surface area contributed by atoms with E-state index < -0.39 is 0 Å². The maximum Gasteiger partial charge on any atom is 0.0610 e. The lowest BCUT2D eigenvalue weighted by Crippen LogP contribution is -2.56. The van der Waals surface area contributed by atoms with Crippen LogP contribution in [-0.4, -0.2) is 10.9 Å². The van der Waals surface area contributed by atoms with E-state index in [0.29, 0.717) is 16.7 Å². The van der Waals surface area contributed by atoms with Crippen LogP contribution in [-0.2, 0) is 0 Å². The summed E-state index contributed by atoms with van der Waals surface area (Å²) in [5.74, 6) is 5.67. The molecule has 4 fully saturated rings. The van der Waals surface area contributed by atoms with Crippen LogP contribution in [0.25, 0.3) is 0 Å². The van der Waals surface area contributed by atoms with E-state index in [1.807, 2.05) is 0 Å². The molecule has 0 aromatic rings. The summed E-state index contributed by atoms with van der Waals surface area (Å²) in [7, 11) is 0. The van der Waals surface area contributed by atoms with Crippen molar-refractivity contribution in [2.24, 2.45) is 57.4 Å². The van der Waals surface area contributed by atoms with Crippen molar-refractivity contribution >= 4 is 5.71 Å². The maximum absolute atomic E-state index is 9.91. The molecular formula is C27H47NO. The van der Waals surface area contributed by atoms with Gasteiger partial charge in [-0.1, -0.05) is 71.9 Å². The quantitative estimate of drug-likeness (QED) is 0.368. The summed E-state index contributed by atoms with van der Waals surface area (Å²) in [6.07, 6.45) is 16.4. The van der Waals surface area contributed by atoms with E-state index in [-0.39, 0.29) is 0 Å². The summed E-state index contributed by atoms with van der Waals surface area (Å²) < 4.78 is 0. The molecular weight excluding hydrogens is 354 g/mol. The van der Waals surface area contributed by atoms with Gasteiger partial charge >= 0.3 is 0 Å². The van der Waals surface area contributed by atoms with Crippen LogP contribution in [0.2, 0.25) is 0 Å². The second-order valence-electron chi connectivity index (χ2n) is 12.5. The molecule has 4 rings (SSSR count). The average Bonchev–Trinajstić information content (AvgIpc) is 3.04. The van der Waals surface area contributed by atoms with E-state index in [2.05, 4.69) is 39.8 Å². The second kappa shape index (κ2) is 8.19. The number of nitrogens with zero attached hydrogens (tertiary/aromatic N) is 1. The summed E-state index contributed by atoms with van der Waals surface area (Å²) in [6, 6.07) is 0. The highest BCUT2D eigenvalue weighted by Gasteiger charge is 2.61. The Morgan fingerprint density at radius 3 is 2.41 bits per heavy atom. The summed E-state index contributed by atoms with van der Waals surface area (Å²) in [6.45, 7) is 12.5. The van der Waals surface area contributed by atoms with Crippen LogP contribution < -0.4 is 0 Å². The van der Waals surface area contributed by atoms with Crippen molar-refractivity contribution in [2.75, 3.05) is 0 Å². The van der Waals surface area contributed by atoms with Gasteiger partial charge in [0, 0.05) is 5.92 Å². The minimum absolute atomic E-state index is 0.394. The van der Waals surface area contributed by atoms with Crippen molar-refractivity contribution in [3.63, 3.8) is 0 Å². The zero-order valence-electron chi connectivity index (χ0n) is 19.9. The van der Waals surface area contributed by atoms with Gasteiger partial charge in [-0.2, -0.15) is 0 Å². The SMILES string of the molecule is CC(C)CCC[C@@H](C)[C@H]1CC[C@H]2[C@@H]3CC(=NO)[C@H]4CCCC[C@]4(C)[C@H]3CC[C@]12C. The van der Waals surface area contributed by atoms with Crippen molar-refractivity contribution in [2.45, 2.75) is 112 Å². The Hall–Kier alpha value is -0.530.